The average molecular weight is 222 g/mol. The van der Waals surface area contributed by atoms with Gasteiger partial charge in [-0.2, -0.15) is 0 Å². The minimum atomic E-state index is -0.705. The van der Waals surface area contributed by atoms with Crippen LogP contribution < -0.4 is 11.1 Å². The standard InChI is InChI=1S/C12H18N2O2/c13-11-5-12(14-6-8(16)7-15)10-4-2-1-3-9(10)11/h1-4,8,11-12,14-16H,5-7,13H2. The number of hydrogen-bond acceptors (Lipinski definition) is 4. The molecule has 0 fully saturated rings. The second-order valence-corrected chi connectivity index (χ2v) is 4.27. The van der Waals surface area contributed by atoms with Gasteiger partial charge in [0, 0.05) is 18.6 Å². The fraction of sp³-hybridized carbons (Fsp3) is 0.500. The predicted octanol–water partition coefficient (Wildman–Crippen LogP) is 0.0740. The number of aliphatic hydroxyl groups excluding tert-OH is 2. The van der Waals surface area contributed by atoms with Crippen LogP contribution >= 0.6 is 0 Å². The summed E-state index contributed by atoms with van der Waals surface area (Å²) in [5, 5.41) is 21.3. The summed E-state index contributed by atoms with van der Waals surface area (Å²) in [6.07, 6.45) is 0.140. The molecule has 3 unspecified atom stereocenters. The van der Waals surface area contributed by atoms with Gasteiger partial charge in [-0.25, -0.2) is 0 Å². The van der Waals surface area contributed by atoms with Gasteiger partial charge in [-0.05, 0) is 17.5 Å². The highest BCUT2D eigenvalue weighted by Gasteiger charge is 2.27. The first kappa shape index (κ1) is 11.5. The zero-order valence-electron chi connectivity index (χ0n) is 9.13. The van der Waals surface area contributed by atoms with E-state index in [0.29, 0.717) is 6.54 Å². The van der Waals surface area contributed by atoms with Gasteiger partial charge in [0.05, 0.1) is 12.7 Å². The van der Waals surface area contributed by atoms with Crippen LogP contribution in [0.4, 0.5) is 0 Å². The van der Waals surface area contributed by atoms with E-state index in [4.69, 9.17) is 10.8 Å². The number of nitrogens with one attached hydrogen (secondary N) is 1. The first-order valence-electron chi connectivity index (χ1n) is 5.59. The summed E-state index contributed by atoms with van der Waals surface area (Å²) in [5.41, 5.74) is 8.41. The lowest BCUT2D eigenvalue weighted by atomic mass is 10.1. The fourth-order valence-electron chi connectivity index (χ4n) is 2.21. The van der Waals surface area contributed by atoms with Crippen molar-refractivity contribution in [2.75, 3.05) is 13.2 Å². The van der Waals surface area contributed by atoms with Gasteiger partial charge >= 0.3 is 0 Å². The summed E-state index contributed by atoms with van der Waals surface area (Å²) in [6.45, 7) is 0.176. The Bertz CT molecular complexity index is 357. The Morgan fingerprint density at radius 1 is 1.38 bits per heavy atom. The molecule has 16 heavy (non-hydrogen) atoms. The van der Waals surface area contributed by atoms with Gasteiger partial charge in [-0.15, -0.1) is 0 Å². The molecule has 4 heteroatoms. The van der Waals surface area contributed by atoms with Crippen molar-refractivity contribution in [2.24, 2.45) is 5.73 Å². The Morgan fingerprint density at radius 2 is 2.06 bits per heavy atom. The lowest BCUT2D eigenvalue weighted by molar-refractivity contribution is 0.0917. The van der Waals surface area contributed by atoms with E-state index in [1.54, 1.807) is 0 Å². The number of aliphatic hydroxyl groups is 2. The molecule has 0 amide bonds. The van der Waals surface area contributed by atoms with Crippen LogP contribution in [-0.4, -0.2) is 29.5 Å². The van der Waals surface area contributed by atoms with Crippen LogP contribution in [0, 0.1) is 0 Å². The number of rotatable bonds is 4. The summed E-state index contributed by atoms with van der Waals surface area (Å²) >= 11 is 0. The molecule has 5 N–H and O–H groups in total. The molecule has 1 aliphatic rings. The molecule has 0 aliphatic heterocycles. The highest BCUT2D eigenvalue weighted by atomic mass is 16.3. The van der Waals surface area contributed by atoms with Crippen LogP contribution in [0.3, 0.4) is 0 Å². The van der Waals surface area contributed by atoms with Crippen molar-refractivity contribution in [3.63, 3.8) is 0 Å². The van der Waals surface area contributed by atoms with Gasteiger partial charge in [0.25, 0.3) is 0 Å². The largest absolute Gasteiger partial charge is 0.394 e. The molecular formula is C12H18N2O2. The third-order valence-electron chi connectivity index (χ3n) is 3.07. The van der Waals surface area contributed by atoms with Crippen molar-refractivity contribution in [2.45, 2.75) is 24.6 Å². The van der Waals surface area contributed by atoms with E-state index >= 15 is 0 Å². The second kappa shape index (κ2) is 4.93. The van der Waals surface area contributed by atoms with E-state index in [1.807, 2.05) is 18.2 Å². The molecule has 0 heterocycles. The van der Waals surface area contributed by atoms with Crippen LogP contribution in [0.2, 0.25) is 0 Å². The van der Waals surface area contributed by atoms with Gasteiger partial charge in [0.15, 0.2) is 0 Å². The molecule has 88 valence electrons. The van der Waals surface area contributed by atoms with Crippen molar-refractivity contribution >= 4 is 0 Å². The molecule has 0 radical (unpaired) electrons. The van der Waals surface area contributed by atoms with Crippen LogP contribution in [0.15, 0.2) is 24.3 Å². The highest BCUT2D eigenvalue weighted by molar-refractivity contribution is 5.37. The minimum absolute atomic E-state index is 0.0694. The normalized spacial score (nSPS) is 25.4. The summed E-state index contributed by atoms with van der Waals surface area (Å²) in [4.78, 5) is 0. The average Bonchev–Trinajstić information content (AvgIpc) is 2.64. The van der Waals surface area contributed by atoms with Crippen LogP contribution in [-0.2, 0) is 0 Å². The molecular weight excluding hydrogens is 204 g/mol. The monoisotopic (exact) mass is 222 g/mol. The predicted molar refractivity (Wildman–Crippen MR) is 61.8 cm³/mol. The Kier molecular flexibility index (Phi) is 3.56. The molecule has 0 bridgehead atoms. The van der Waals surface area contributed by atoms with E-state index in [2.05, 4.69) is 11.4 Å². The second-order valence-electron chi connectivity index (χ2n) is 4.27. The third-order valence-corrected chi connectivity index (χ3v) is 3.07. The smallest absolute Gasteiger partial charge is 0.0895 e. The summed E-state index contributed by atoms with van der Waals surface area (Å²) in [6, 6.07) is 8.35. The maximum Gasteiger partial charge on any atom is 0.0895 e. The topological polar surface area (TPSA) is 78.5 Å². The summed E-state index contributed by atoms with van der Waals surface area (Å²) in [7, 11) is 0. The number of fused-ring (bicyclic) bond motifs is 1. The van der Waals surface area contributed by atoms with E-state index in [0.717, 1.165) is 6.42 Å². The molecule has 0 spiro atoms. The third kappa shape index (κ3) is 2.25. The van der Waals surface area contributed by atoms with Crippen LogP contribution in [0.25, 0.3) is 0 Å². The zero-order chi connectivity index (χ0) is 11.5. The van der Waals surface area contributed by atoms with E-state index in [9.17, 15) is 5.11 Å². The van der Waals surface area contributed by atoms with Crippen molar-refractivity contribution < 1.29 is 10.2 Å². The van der Waals surface area contributed by atoms with Crippen molar-refractivity contribution in [1.82, 2.24) is 5.32 Å². The molecule has 1 aromatic rings. The molecule has 0 aromatic heterocycles. The molecule has 1 aromatic carbocycles. The van der Waals surface area contributed by atoms with Gasteiger partial charge < -0.3 is 21.3 Å². The molecule has 0 saturated heterocycles. The van der Waals surface area contributed by atoms with E-state index in [1.165, 1.54) is 11.1 Å². The van der Waals surface area contributed by atoms with Gasteiger partial charge in [-0.1, -0.05) is 24.3 Å². The summed E-state index contributed by atoms with van der Waals surface area (Å²) in [5.74, 6) is 0. The van der Waals surface area contributed by atoms with Crippen molar-refractivity contribution in [1.29, 1.82) is 0 Å². The van der Waals surface area contributed by atoms with Crippen LogP contribution in [0.5, 0.6) is 0 Å². The Balaban J connectivity index is 2.03. The lowest BCUT2D eigenvalue weighted by Gasteiger charge is -2.16. The van der Waals surface area contributed by atoms with Crippen molar-refractivity contribution in [3.8, 4) is 0 Å². The van der Waals surface area contributed by atoms with Gasteiger partial charge in [0.1, 0.15) is 0 Å². The maximum atomic E-state index is 9.29. The Hall–Kier alpha value is -0.940. The molecule has 3 atom stereocenters. The SMILES string of the molecule is NC1CC(NCC(O)CO)c2ccccc21. The van der Waals surface area contributed by atoms with Gasteiger partial charge in [-0.3, -0.25) is 0 Å². The first-order valence-corrected chi connectivity index (χ1v) is 5.59. The minimum Gasteiger partial charge on any atom is -0.394 e. The van der Waals surface area contributed by atoms with Gasteiger partial charge in [0.2, 0.25) is 0 Å². The Labute approximate surface area is 95.1 Å². The molecule has 1 aliphatic carbocycles. The molecule has 0 saturated carbocycles. The zero-order valence-corrected chi connectivity index (χ0v) is 9.13. The highest BCUT2D eigenvalue weighted by Crippen LogP contribution is 2.36. The first-order chi connectivity index (χ1) is 7.72. The van der Waals surface area contributed by atoms with E-state index < -0.39 is 6.10 Å². The number of benzene rings is 1. The lowest BCUT2D eigenvalue weighted by Crippen LogP contribution is -2.31. The summed E-state index contributed by atoms with van der Waals surface area (Å²) < 4.78 is 0. The number of nitrogens with two attached hydrogens (primary N) is 1. The maximum absolute atomic E-state index is 9.29. The van der Waals surface area contributed by atoms with E-state index in [-0.39, 0.29) is 18.7 Å². The number of hydrogen-bond donors (Lipinski definition) is 4. The van der Waals surface area contributed by atoms with Crippen molar-refractivity contribution in [3.05, 3.63) is 35.4 Å². The fourth-order valence-corrected chi connectivity index (χ4v) is 2.21. The van der Waals surface area contributed by atoms with Crippen LogP contribution in [0.1, 0.15) is 29.6 Å². The Morgan fingerprint density at radius 3 is 2.75 bits per heavy atom. The molecule has 2 rings (SSSR count). The quantitative estimate of drug-likeness (QED) is 0.581. The molecule has 4 nitrogen and oxygen atoms in total.